The molecule has 5 nitrogen and oxygen atoms in total. The van der Waals surface area contributed by atoms with Crippen molar-refractivity contribution in [3.63, 3.8) is 0 Å². The molecule has 0 spiro atoms. The average molecular weight is 423 g/mol. The third-order valence-electron chi connectivity index (χ3n) is 5.70. The Bertz CT molecular complexity index is 959. The first-order valence-corrected chi connectivity index (χ1v) is 11.3. The number of fused-ring (bicyclic) bond motifs is 1. The number of hydrogen-bond donors (Lipinski definition) is 1. The summed E-state index contributed by atoms with van der Waals surface area (Å²) in [5.41, 5.74) is 10.7. The summed E-state index contributed by atoms with van der Waals surface area (Å²) in [5, 5.41) is 4.21. The van der Waals surface area contributed by atoms with E-state index in [0.29, 0.717) is 12.5 Å². The lowest BCUT2D eigenvalue weighted by atomic mass is 9.76. The summed E-state index contributed by atoms with van der Waals surface area (Å²) in [7, 11) is 4.00. The Kier molecular flexibility index (Phi) is 6.77. The lowest BCUT2D eigenvalue weighted by Gasteiger charge is -2.32. The van der Waals surface area contributed by atoms with Gasteiger partial charge in [0.05, 0.1) is 11.1 Å². The molecule has 0 saturated heterocycles. The van der Waals surface area contributed by atoms with Gasteiger partial charge < -0.3 is 10.5 Å². The van der Waals surface area contributed by atoms with Crippen LogP contribution >= 0.6 is 11.9 Å². The Morgan fingerprint density at radius 2 is 2.07 bits per heavy atom. The maximum atomic E-state index is 6.55. The molecule has 0 fully saturated rings. The Morgan fingerprint density at radius 1 is 1.23 bits per heavy atom. The Balaban J connectivity index is 1.38. The smallest absolute Gasteiger partial charge is 0.119 e. The van der Waals surface area contributed by atoms with Crippen LogP contribution in [0.15, 0.2) is 65.8 Å². The molecule has 2 N–H and O–H groups in total. The minimum atomic E-state index is 0.190. The van der Waals surface area contributed by atoms with Gasteiger partial charge in [-0.3, -0.25) is 4.68 Å². The molecule has 158 valence electrons. The van der Waals surface area contributed by atoms with E-state index in [1.807, 2.05) is 24.1 Å². The number of hydrogen-bond acceptors (Lipinski definition) is 5. The standard InChI is InChI=1S/C24H30N4OS/c1-27-17-21(16-26-27)30-28(2)12-13-29-20-10-8-19-9-11-24(25)23(22(19)15-20)14-18-6-4-3-5-7-18/h3-8,10,15-17,23-24H,9,11-14,25H2,1-2H3. The van der Waals surface area contributed by atoms with Gasteiger partial charge in [-0.1, -0.05) is 36.4 Å². The van der Waals surface area contributed by atoms with Crippen LogP contribution in [-0.4, -0.2) is 40.3 Å². The van der Waals surface area contributed by atoms with Crippen molar-refractivity contribution < 1.29 is 4.74 Å². The summed E-state index contributed by atoms with van der Waals surface area (Å²) in [4.78, 5) is 1.13. The van der Waals surface area contributed by atoms with Crippen LogP contribution in [0.3, 0.4) is 0 Å². The fraction of sp³-hybridized carbons (Fsp3) is 0.375. The molecule has 0 saturated carbocycles. The second-order valence-corrected chi connectivity index (χ2v) is 9.28. The Hall–Kier alpha value is -2.28. The molecule has 1 heterocycles. The first kappa shape index (κ1) is 21.0. The highest BCUT2D eigenvalue weighted by molar-refractivity contribution is 7.97. The van der Waals surface area contributed by atoms with Crippen LogP contribution in [0.5, 0.6) is 5.75 Å². The van der Waals surface area contributed by atoms with Crippen molar-refractivity contribution in [2.75, 3.05) is 20.2 Å². The number of ether oxygens (including phenoxy) is 1. The van der Waals surface area contributed by atoms with Crippen LogP contribution in [0.1, 0.15) is 29.0 Å². The first-order chi connectivity index (χ1) is 14.6. The number of benzene rings is 2. The average Bonchev–Trinajstić information content (AvgIpc) is 3.15. The van der Waals surface area contributed by atoms with Gasteiger partial charge in [0.25, 0.3) is 0 Å². The van der Waals surface area contributed by atoms with Crippen molar-refractivity contribution in [3.8, 4) is 5.75 Å². The molecule has 2 aromatic carbocycles. The minimum absolute atomic E-state index is 0.190. The van der Waals surface area contributed by atoms with Crippen LogP contribution in [0, 0.1) is 0 Å². The Labute approximate surface area is 183 Å². The zero-order valence-corrected chi connectivity index (χ0v) is 18.5. The van der Waals surface area contributed by atoms with Crippen molar-refractivity contribution in [2.45, 2.75) is 36.1 Å². The van der Waals surface area contributed by atoms with E-state index in [9.17, 15) is 0 Å². The van der Waals surface area contributed by atoms with E-state index in [-0.39, 0.29) is 6.04 Å². The van der Waals surface area contributed by atoms with Gasteiger partial charge in [-0.05, 0) is 67.1 Å². The molecule has 0 radical (unpaired) electrons. The molecule has 1 aliphatic rings. The first-order valence-electron chi connectivity index (χ1n) is 10.5. The minimum Gasteiger partial charge on any atom is -0.492 e. The summed E-state index contributed by atoms with van der Waals surface area (Å²) in [6.07, 6.45) is 6.96. The molecule has 2 atom stereocenters. The molecular formula is C24H30N4OS. The van der Waals surface area contributed by atoms with E-state index in [0.717, 1.165) is 36.5 Å². The van der Waals surface area contributed by atoms with E-state index in [1.54, 1.807) is 11.9 Å². The summed E-state index contributed by atoms with van der Waals surface area (Å²) in [5.74, 6) is 1.27. The zero-order valence-electron chi connectivity index (χ0n) is 17.7. The lowest BCUT2D eigenvalue weighted by Crippen LogP contribution is -2.34. The molecule has 3 aromatic rings. The predicted octanol–water partition coefficient (Wildman–Crippen LogP) is 4.04. The lowest BCUT2D eigenvalue weighted by molar-refractivity contribution is 0.293. The maximum absolute atomic E-state index is 6.55. The fourth-order valence-electron chi connectivity index (χ4n) is 4.08. The van der Waals surface area contributed by atoms with E-state index < -0.39 is 0 Å². The summed E-state index contributed by atoms with van der Waals surface area (Å²) < 4.78 is 10.1. The Morgan fingerprint density at radius 3 is 2.83 bits per heavy atom. The number of likely N-dealkylation sites (N-methyl/N-ethyl adjacent to an activating group) is 1. The van der Waals surface area contributed by atoms with E-state index in [1.165, 1.54) is 16.7 Å². The van der Waals surface area contributed by atoms with Crippen molar-refractivity contribution in [2.24, 2.45) is 12.8 Å². The van der Waals surface area contributed by atoms with Gasteiger partial charge in [-0.15, -0.1) is 0 Å². The summed E-state index contributed by atoms with van der Waals surface area (Å²) in [6.45, 7) is 1.46. The molecule has 6 heteroatoms. The molecule has 0 bridgehead atoms. The summed E-state index contributed by atoms with van der Waals surface area (Å²) >= 11 is 1.68. The topological polar surface area (TPSA) is 56.3 Å². The zero-order chi connectivity index (χ0) is 20.9. The third-order valence-corrected chi connectivity index (χ3v) is 6.61. The van der Waals surface area contributed by atoms with Gasteiger partial charge in [0.15, 0.2) is 0 Å². The highest BCUT2D eigenvalue weighted by atomic mass is 32.2. The van der Waals surface area contributed by atoms with E-state index in [2.05, 4.69) is 65.0 Å². The van der Waals surface area contributed by atoms with Crippen LogP contribution in [0.2, 0.25) is 0 Å². The fourth-order valence-corrected chi connectivity index (χ4v) is 4.90. The second-order valence-electron chi connectivity index (χ2n) is 8.00. The largest absolute Gasteiger partial charge is 0.492 e. The highest BCUT2D eigenvalue weighted by Gasteiger charge is 2.27. The second kappa shape index (κ2) is 9.69. The van der Waals surface area contributed by atoms with Crippen molar-refractivity contribution >= 4 is 11.9 Å². The normalized spacial score (nSPS) is 18.4. The van der Waals surface area contributed by atoms with E-state index >= 15 is 0 Å². The van der Waals surface area contributed by atoms with Crippen LogP contribution in [0.25, 0.3) is 0 Å². The monoisotopic (exact) mass is 422 g/mol. The number of rotatable bonds is 8. The van der Waals surface area contributed by atoms with Crippen molar-refractivity contribution in [1.29, 1.82) is 0 Å². The molecule has 1 aromatic heterocycles. The van der Waals surface area contributed by atoms with E-state index in [4.69, 9.17) is 10.5 Å². The maximum Gasteiger partial charge on any atom is 0.119 e. The SMILES string of the molecule is CN(CCOc1ccc2c(c1)C(Cc1ccccc1)C(N)CC2)Sc1cnn(C)c1. The number of nitrogens with zero attached hydrogens (tertiary/aromatic N) is 3. The van der Waals surface area contributed by atoms with Crippen molar-refractivity contribution in [3.05, 3.63) is 77.6 Å². The number of aryl methyl sites for hydroxylation is 2. The van der Waals surface area contributed by atoms with Gasteiger partial charge in [0.2, 0.25) is 0 Å². The number of aromatic nitrogens is 2. The van der Waals surface area contributed by atoms with Gasteiger partial charge >= 0.3 is 0 Å². The molecule has 0 aliphatic heterocycles. The third kappa shape index (κ3) is 5.25. The highest BCUT2D eigenvalue weighted by Crippen LogP contribution is 2.35. The molecule has 0 amide bonds. The number of nitrogens with two attached hydrogens (primary N) is 1. The van der Waals surface area contributed by atoms with Crippen LogP contribution in [0.4, 0.5) is 0 Å². The molecule has 4 rings (SSSR count). The van der Waals surface area contributed by atoms with Gasteiger partial charge in [0, 0.05) is 31.7 Å². The van der Waals surface area contributed by atoms with Gasteiger partial charge in [-0.2, -0.15) is 5.10 Å². The van der Waals surface area contributed by atoms with Crippen LogP contribution < -0.4 is 10.5 Å². The van der Waals surface area contributed by atoms with Crippen molar-refractivity contribution in [1.82, 2.24) is 14.1 Å². The predicted molar refractivity (Wildman–Crippen MR) is 123 cm³/mol. The molecule has 30 heavy (non-hydrogen) atoms. The van der Waals surface area contributed by atoms with Crippen LogP contribution in [-0.2, 0) is 19.9 Å². The quantitative estimate of drug-likeness (QED) is 0.555. The van der Waals surface area contributed by atoms with Gasteiger partial charge in [-0.25, -0.2) is 4.31 Å². The van der Waals surface area contributed by atoms with Gasteiger partial charge in [0.1, 0.15) is 12.4 Å². The summed E-state index contributed by atoms with van der Waals surface area (Å²) in [6, 6.07) is 17.4. The molecule has 1 aliphatic carbocycles. The molecular weight excluding hydrogens is 392 g/mol. The molecule has 2 unspecified atom stereocenters.